The molecule has 1 aromatic carbocycles. The van der Waals surface area contributed by atoms with E-state index in [4.69, 9.17) is 0 Å². The summed E-state index contributed by atoms with van der Waals surface area (Å²) in [5.74, 6) is 0.245. The van der Waals surface area contributed by atoms with E-state index >= 15 is 0 Å². The van der Waals surface area contributed by atoms with E-state index in [1.54, 1.807) is 12.1 Å². The first-order valence-electron chi connectivity index (χ1n) is 6.44. The Hall–Kier alpha value is -0.920. The van der Waals surface area contributed by atoms with Crippen molar-refractivity contribution in [2.24, 2.45) is 0 Å². The van der Waals surface area contributed by atoms with E-state index in [0.29, 0.717) is 6.42 Å². The number of benzene rings is 1. The fraction of sp³-hybridized carbons (Fsp3) is 0.538. The van der Waals surface area contributed by atoms with Crippen LogP contribution in [0.1, 0.15) is 24.9 Å². The van der Waals surface area contributed by atoms with Crippen molar-refractivity contribution < 1.29 is 16.8 Å². The number of rotatable bonds is 2. The van der Waals surface area contributed by atoms with E-state index < -0.39 is 19.7 Å². The first-order valence-corrected chi connectivity index (χ1v) is 10.2. The van der Waals surface area contributed by atoms with Gasteiger partial charge in [-0.25, -0.2) is 16.8 Å². The molecule has 1 aromatic rings. The van der Waals surface area contributed by atoms with E-state index in [1.807, 2.05) is 6.92 Å². The molecule has 0 aliphatic carbocycles. The minimum Gasteiger partial charge on any atom is -0.307 e. The van der Waals surface area contributed by atoms with Gasteiger partial charge in [-0.05, 0) is 31.0 Å². The van der Waals surface area contributed by atoms with Gasteiger partial charge >= 0.3 is 0 Å². The predicted molar refractivity (Wildman–Crippen MR) is 78.2 cm³/mol. The topological polar surface area (TPSA) is 80.3 Å². The normalized spacial score (nSPS) is 26.9. The van der Waals surface area contributed by atoms with E-state index in [-0.39, 0.29) is 28.5 Å². The largest absolute Gasteiger partial charge is 0.307 e. The smallest absolute Gasteiger partial charge is 0.175 e. The Bertz CT molecular complexity index is 678. The van der Waals surface area contributed by atoms with Crippen LogP contribution in [0.2, 0.25) is 0 Å². The van der Waals surface area contributed by atoms with Crippen molar-refractivity contribution in [2.75, 3.05) is 17.8 Å². The molecule has 1 heterocycles. The summed E-state index contributed by atoms with van der Waals surface area (Å²) in [4.78, 5) is 0.241. The van der Waals surface area contributed by atoms with Crippen molar-refractivity contribution in [2.45, 2.75) is 30.3 Å². The summed E-state index contributed by atoms with van der Waals surface area (Å²) in [6.45, 7) is 1.96. The lowest BCUT2D eigenvalue weighted by Crippen LogP contribution is -2.31. The fourth-order valence-corrected chi connectivity index (χ4v) is 4.61. The molecule has 0 radical (unpaired) electrons. The zero-order valence-electron chi connectivity index (χ0n) is 11.5. The van der Waals surface area contributed by atoms with Crippen LogP contribution in [0.25, 0.3) is 0 Å². The van der Waals surface area contributed by atoms with Crippen molar-refractivity contribution in [1.29, 1.82) is 0 Å². The molecule has 112 valence electrons. The van der Waals surface area contributed by atoms with Crippen LogP contribution in [0.15, 0.2) is 29.2 Å². The van der Waals surface area contributed by atoms with Crippen molar-refractivity contribution in [3.05, 3.63) is 29.8 Å². The van der Waals surface area contributed by atoms with E-state index in [2.05, 4.69) is 5.32 Å². The lowest BCUT2D eigenvalue weighted by molar-refractivity contribution is 0.484. The number of hydrogen-bond donors (Lipinski definition) is 1. The van der Waals surface area contributed by atoms with Crippen molar-refractivity contribution >= 4 is 19.7 Å². The number of sulfone groups is 2. The molecule has 5 nitrogen and oxygen atoms in total. The van der Waals surface area contributed by atoms with Gasteiger partial charge in [-0.15, -0.1) is 0 Å². The maximum absolute atomic E-state index is 11.9. The summed E-state index contributed by atoms with van der Waals surface area (Å²) < 4.78 is 46.6. The molecule has 1 saturated heterocycles. The van der Waals surface area contributed by atoms with Crippen LogP contribution in [0.4, 0.5) is 0 Å². The zero-order valence-corrected chi connectivity index (χ0v) is 13.2. The average Bonchev–Trinajstić information content (AvgIpc) is 2.47. The monoisotopic (exact) mass is 317 g/mol. The highest BCUT2D eigenvalue weighted by Crippen LogP contribution is 2.22. The van der Waals surface area contributed by atoms with Gasteiger partial charge in [-0.2, -0.15) is 0 Å². The Morgan fingerprint density at radius 3 is 2.35 bits per heavy atom. The molecule has 0 bridgehead atoms. The standard InChI is InChI=1S/C13H19NO4S2/c1-10-7-8-20(17,18)9-13(14-10)11-3-5-12(6-4-11)19(2,15)16/h3-6,10,13-14H,7-9H2,1-2H3. The van der Waals surface area contributed by atoms with Gasteiger partial charge < -0.3 is 5.32 Å². The van der Waals surface area contributed by atoms with Gasteiger partial charge in [0.05, 0.1) is 16.4 Å². The van der Waals surface area contributed by atoms with Gasteiger partial charge in [0.15, 0.2) is 19.7 Å². The van der Waals surface area contributed by atoms with Gasteiger partial charge in [0.2, 0.25) is 0 Å². The first-order chi connectivity index (χ1) is 9.17. The highest BCUT2D eigenvalue weighted by atomic mass is 32.2. The zero-order chi connectivity index (χ0) is 15.0. The van der Waals surface area contributed by atoms with E-state index in [1.165, 1.54) is 12.1 Å². The molecule has 1 N–H and O–H groups in total. The molecule has 0 aromatic heterocycles. The first kappa shape index (κ1) is 15.5. The third-order valence-corrected chi connectivity index (χ3v) is 6.31. The molecule has 0 spiro atoms. The lowest BCUT2D eigenvalue weighted by atomic mass is 10.1. The molecular formula is C13H19NO4S2. The average molecular weight is 317 g/mol. The van der Waals surface area contributed by atoms with Crippen LogP contribution in [0.5, 0.6) is 0 Å². The molecule has 0 saturated carbocycles. The SMILES string of the molecule is CC1CCS(=O)(=O)CC(c2ccc(S(C)(=O)=O)cc2)N1. The minimum atomic E-state index is -3.23. The van der Waals surface area contributed by atoms with Gasteiger partial charge in [0, 0.05) is 18.3 Å². The van der Waals surface area contributed by atoms with Gasteiger partial charge in [0.25, 0.3) is 0 Å². The fourth-order valence-electron chi connectivity index (χ4n) is 2.31. The minimum absolute atomic E-state index is 0.0512. The third-order valence-electron chi connectivity index (χ3n) is 3.48. The van der Waals surface area contributed by atoms with E-state index in [9.17, 15) is 16.8 Å². The Labute approximate surface area is 120 Å². The summed E-state index contributed by atoms with van der Waals surface area (Å²) >= 11 is 0. The summed E-state index contributed by atoms with van der Waals surface area (Å²) in [5, 5.41) is 3.28. The number of nitrogens with one attached hydrogen (secondary N) is 1. The Morgan fingerprint density at radius 1 is 1.20 bits per heavy atom. The summed E-state index contributed by atoms with van der Waals surface area (Å²) in [7, 11) is -6.30. The highest BCUT2D eigenvalue weighted by Gasteiger charge is 2.26. The molecule has 1 aliphatic rings. The van der Waals surface area contributed by atoms with Crippen LogP contribution < -0.4 is 5.32 Å². The molecule has 7 heteroatoms. The quantitative estimate of drug-likeness (QED) is 0.877. The summed E-state index contributed by atoms with van der Waals surface area (Å²) in [6, 6.07) is 6.24. The Morgan fingerprint density at radius 2 is 1.80 bits per heavy atom. The molecular weight excluding hydrogens is 298 g/mol. The lowest BCUT2D eigenvalue weighted by Gasteiger charge is -2.19. The van der Waals surface area contributed by atoms with Crippen LogP contribution in [0, 0.1) is 0 Å². The van der Waals surface area contributed by atoms with Crippen LogP contribution >= 0.6 is 0 Å². The van der Waals surface area contributed by atoms with Crippen LogP contribution in [0.3, 0.4) is 0 Å². The second kappa shape index (κ2) is 5.46. The van der Waals surface area contributed by atoms with Gasteiger partial charge in [-0.3, -0.25) is 0 Å². The Balaban J connectivity index is 2.30. The van der Waals surface area contributed by atoms with Crippen LogP contribution in [-0.2, 0) is 19.7 Å². The van der Waals surface area contributed by atoms with Crippen LogP contribution in [-0.4, -0.2) is 40.6 Å². The second-order valence-corrected chi connectivity index (χ2v) is 9.61. The highest BCUT2D eigenvalue weighted by molar-refractivity contribution is 7.91. The maximum atomic E-state index is 11.9. The molecule has 1 fully saturated rings. The summed E-state index contributed by atoms with van der Waals surface area (Å²) in [5.41, 5.74) is 0.801. The molecule has 2 atom stereocenters. The molecule has 1 aliphatic heterocycles. The molecule has 20 heavy (non-hydrogen) atoms. The Kier molecular flexibility index (Phi) is 4.22. The third kappa shape index (κ3) is 3.80. The van der Waals surface area contributed by atoms with Gasteiger partial charge in [-0.1, -0.05) is 12.1 Å². The summed E-state index contributed by atoms with van der Waals surface area (Å²) in [6.07, 6.45) is 1.75. The molecule has 2 rings (SSSR count). The maximum Gasteiger partial charge on any atom is 0.175 e. The predicted octanol–water partition coefficient (Wildman–Crippen LogP) is 0.928. The van der Waals surface area contributed by atoms with E-state index in [0.717, 1.165) is 11.8 Å². The molecule has 2 unspecified atom stereocenters. The van der Waals surface area contributed by atoms with Crippen molar-refractivity contribution in [3.8, 4) is 0 Å². The molecule has 0 amide bonds. The van der Waals surface area contributed by atoms with Crippen molar-refractivity contribution in [3.63, 3.8) is 0 Å². The number of hydrogen-bond acceptors (Lipinski definition) is 5. The second-order valence-electron chi connectivity index (χ2n) is 5.36. The van der Waals surface area contributed by atoms with Crippen molar-refractivity contribution in [1.82, 2.24) is 5.32 Å². The van der Waals surface area contributed by atoms with Gasteiger partial charge in [0.1, 0.15) is 0 Å².